The lowest BCUT2D eigenvalue weighted by atomic mass is 10.1. The van der Waals surface area contributed by atoms with Gasteiger partial charge in [0, 0.05) is 23.9 Å². The Hall–Kier alpha value is -1.10. The molecule has 4 nitrogen and oxygen atoms in total. The molecule has 1 heterocycles. The summed E-state index contributed by atoms with van der Waals surface area (Å²) in [4.78, 5) is 11.7. The number of nitrogens with one attached hydrogen (secondary N) is 2. The predicted molar refractivity (Wildman–Crippen MR) is 76.5 cm³/mol. The second-order valence-electron chi connectivity index (χ2n) is 4.75. The van der Waals surface area contributed by atoms with Crippen molar-refractivity contribution in [3.8, 4) is 0 Å². The molecule has 19 heavy (non-hydrogen) atoms. The number of carbonyl (C=O) groups excluding carboxylic acids is 1. The molecule has 0 bridgehead atoms. The molecule has 2 rings (SSSR count). The molecule has 1 aliphatic rings. The molecule has 1 amide bonds. The number of rotatable bonds is 6. The molecule has 1 unspecified atom stereocenters. The highest BCUT2D eigenvalue weighted by Gasteiger charge is 2.14. The number of ether oxygens (including phenoxy) is 1. The molecule has 1 aromatic carbocycles. The molecule has 0 spiro atoms. The fourth-order valence-corrected chi connectivity index (χ4v) is 2.28. The third-order valence-corrected chi connectivity index (χ3v) is 3.38. The molecule has 1 saturated heterocycles. The van der Waals surface area contributed by atoms with Gasteiger partial charge >= 0.3 is 0 Å². The van der Waals surface area contributed by atoms with E-state index in [9.17, 15) is 4.79 Å². The lowest BCUT2D eigenvalue weighted by molar-refractivity contribution is -0.115. The zero-order valence-corrected chi connectivity index (χ0v) is 11.6. The largest absolute Gasteiger partial charge is 0.381 e. The van der Waals surface area contributed by atoms with Gasteiger partial charge in [-0.3, -0.25) is 4.79 Å². The van der Waals surface area contributed by atoms with E-state index in [1.807, 2.05) is 12.1 Å². The third kappa shape index (κ3) is 5.19. The van der Waals surface area contributed by atoms with Gasteiger partial charge in [-0.2, -0.15) is 0 Å². The summed E-state index contributed by atoms with van der Waals surface area (Å²) < 4.78 is 5.31. The van der Waals surface area contributed by atoms with Gasteiger partial charge < -0.3 is 15.4 Å². The Bertz CT molecular complexity index is 420. The lowest BCUT2D eigenvalue weighted by Crippen LogP contribution is -2.29. The Kier molecular flexibility index (Phi) is 5.63. The van der Waals surface area contributed by atoms with Crippen molar-refractivity contribution in [2.45, 2.75) is 12.8 Å². The van der Waals surface area contributed by atoms with Crippen LogP contribution in [0.1, 0.15) is 12.8 Å². The number of anilines is 1. The smallest absolute Gasteiger partial charge is 0.238 e. The van der Waals surface area contributed by atoms with Crippen LogP contribution >= 0.6 is 11.6 Å². The first kappa shape index (κ1) is 14.3. The number of hydrogen-bond acceptors (Lipinski definition) is 3. The van der Waals surface area contributed by atoms with Crippen molar-refractivity contribution in [1.82, 2.24) is 5.32 Å². The van der Waals surface area contributed by atoms with Gasteiger partial charge in [-0.1, -0.05) is 17.7 Å². The second kappa shape index (κ2) is 7.48. The molecule has 1 aromatic rings. The van der Waals surface area contributed by atoms with Crippen molar-refractivity contribution >= 4 is 23.2 Å². The first-order chi connectivity index (χ1) is 9.24. The van der Waals surface area contributed by atoms with Gasteiger partial charge in [0.15, 0.2) is 0 Å². The normalized spacial score (nSPS) is 18.5. The van der Waals surface area contributed by atoms with Crippen molar-refractivity contribution in [2.75, 3.05) is 31.6 Å². The van der Waals surface area contributed by atoms with Crippen molar-refractivity contribution < 1.29 is 9.53 Å². The maximum atomic E-state index is 11.7. The van der Waals surface area contributed by atoms with Gasteiger partial charge in [-0.25, -0.2) is 0 Å². The van der Waals surface area contributed by atoms with E-state index in [4.69, 9.17) is 16.3 Å². The molecule has 1 atom stereocenters. The predicted octanol–water partition coefficient (Wildman–Crippen LogP) is 2.29. The van der Waals surface area contributed by atoms with E-state index in [1.165, 1.54) is 0 Å². The van der Waals surface area contributed by atoms with Crippen LogP contribution in [0, 0.1) is 5.92 Å². The van der Waals surface area contributed by atoms with Crippen LogP contribution in [0.5, 0.6) is 0 Å². The topological polar surface area (TPSA) is 50.4 Å². The van der Waals surface area contributed by atoms with Crippen molar-refractivity contribution in [3.63, 3.8) is 0 Å². The van der Waals surface area contributed by atoms with Gasteiger partial charge in [-0.15, -0.1) is 0 Å². The zero-order valence-electron chi connectivity index (χ0n) is 10.8. The van der Waals surface area contributed by atoms with E-state index >= 15 is 0 Å². The van der Waals surface area contributed by atoms with Gasteiger partial charge in [0.2, 0.25) is 5.91 Å². The van der Waals surface area contributed by atoms with Gasteiger partial charge in [0.25, 0.3) is 0 Å². The number of carbonyl (C=O) groups is 1. The first-order valence-electron chi connectivity index (χ1n) is 6.58. The fraction of sp³-hybridized carbons (Fsp3) is 0.500. The summed E-state index contributed by atoms with van der Waals surface area (Å²) in [6, 6.07) is 7.14. The van der Waals surface area contributed by atoms with Gasteiger partial charge in [0.1, 0.15) is 0 Å². The van der Waals surface area contributed by atoms with Crippen LogP contribution in [-0.4, -0.2) is 32.2 Å². The van der Waals surface area contributed by atoms with Crippen LogP contribution in [0.15, 0.2) is 24.3 Å². The van der Waals surface area contributed by atoms with E-state index < -0.39 is 0 Å². The minimum atomic E-state index is -0.0510. The van der Waals surface area contributed by atoms with Gasteiger partial charge in [0.05, 0.1) is 6.54 Å². The van der Waals surface area contributed by atoms with Crippen LogP contribution < -0.4 is 10.6 Å². The summed E-state index contributed by atoms with van der Waals surface area (Å²) in [7, 11) is 0. The van der Waals surface area contributed by atoms with Crippen LogP contribution in [0.25, 0.3) is 0 Å². The number of benzene rings is 1. The average Bonchev–Trinajstić information content (AvgIpc) is 2.88. The number of halogens is 1. The van der Waals surface area contributed by atoms with E-state index in [0.717, 1.165) is 38.3 Å². The van der Waals surface area contributed by atoms with Crippen LogP contribution in [0.3, 0.4) is 0 Å². The van der Waals surface area contributed by atoms with E-state index in [2.05, 4.69) is 10.6 Å². The maximum Gasteiger partial charge on any atom is 0.238 e. The molecule has 5 heteroatoms. The Morgan fingerprint density at radius 2 is 2.37 bits per heavy atom. The van der Waals surface area contributed by atoms with Crippen molar-refractivity contribution in [2.24, 2.45) is 5.92 Å². The van der Waals surface area contributed by atoms with Gasteiger partial charge in [-0.05, 0) is 43.5 Å². The monoisotopic (exact) mass is 282 g/mol. The van der Waals surface area contributed by atoms with Crippen LogP contribution in [0.2, 0.25) is 5.02 Å². The molecule has 1 aliphatic heterocycles. The Balaban J connectivity index is 1.61. The summed E-state index contributed by atoms with van der Waals surface area (Å²) >= 11 is 5.85. The molecule has 0 aliphatic carbocycles. The summed E-state index contributed by atoms with van der Waals surface area (Å²) in [6.45, 7) is 2.90. The zero-order chi connectivity index (χ0) is 13.5. The Labute approximate surface area is 118 Å². The molecular formula is C14H19ClN2O2. The summed E-state index contributed by atoms with van der Waals surface area (Å²) in [6.07, 6.45) is 2.20. The lowest BCUT2D eigenvalue weighted by Gasteiger charge is -2.09. The highest BCUT2D eigenvalue weighted by molar-refractivity contribution is 6.30. The number of hydrogen-bond donors (Lipinski definition) is 2. The molecule has 104 valence electrons. The fourth-order valence-electron chi connectivity index (χ4n) is 2.09. The molecule has 2 N–H and O–H groups in total. The summed E-state index contributed by atoms with van der Waals surface area (Å²) in [5.41, 5.74) is 0.725. The number of amides is 1. The van der Waals surface area contributed by atoms with Crippen molar-refractivity contribution in [1.29, 1.82) is 0 Å². The van der Waals surface area contributed by atoms with Crippen LogP contribution in [-0.2, 0) is 9.53 Å². The van der Waals surface area contributed by atoms with E-state index in [1.54, 1.807) is 12.1 Å². The Morgan fingerprint density at radius 3 is 3.11 bits per heavy atom. The molecule has 0 aromatic heterocycles. The molecule has 0 saturated carbocycles. The SMILES string of the molecule is O=C(CNCCC1CCOC1)Nc1cccc(Cl)c1. The molecule has 1 fully saturated rings. The maximum absolute atomic E-state index is 11.7. The summed E-state index contributed by atoms with van der Waals surface area (Å²) in [5, 5.41) is 6.56. The standard InChI is InChI=1S/C14H19ClN2O2/c15-12-2-1-3-13(8-12)17-14(18)9-16-6-4-11-5-7-19-10-11/h1-3,8,11,16H,4-7,9-10H2,(H,17,18). The highest BCUT2D eigenvalue weighted by atomic mass is 35.5. The third-order valence-electron chi connectivity index (χ3n) is 3.15. The molecule has 0 radical (unpaired) electrons. The van der Waals surface area contributed by atoms with Crippen molar-refractivity contribution in [3.05, 3.63) is 29.3 Å². The second-order valence-corrected chi connectivity index (χ2v) is 5.19. The minimum absolute atomic E-state index is 0.0510. The highest BCUT2D eigenvalue weighted by Crippen LogP contribution is 2.15. The first-order valence-corrected chi connectivity index (χ1v) is 6.96. The van der Waals surface area contributed by atoms with E-state index in [0.29, 0.717) is 17.5 Å². The molecular weight excluding hydrogens is 264 g/mol. The van der Waals surface area contributed by atoms with Crippen LogP contribution in [0.4, 0.5) is 5.69 Å². The quantitative estimate of drug-likeness (QED) is 0.787. The average molecular weight is 283 g/mol. The summed E-state index contributed by atoms with van der Waals surface area (Å²) in [5.74, 6) is 0.591. The minimum Gasteiger partial charge on any atom is -0.381 e. The Morgan fingerprint density at radius 1 is 1.47 bits per heavy atom. The van der Waals surface area contributed by atoms with E-state index in [-0.39, 0.29) is 5.91 Å².